The van der Waals surface area contributed by atoms with Crippen molar-refractivity contribution in [2.75, 3.05) is 52.5 Å². The predicted octanol–water partition coefficient (Wildman–Crippen LogP) is 1.35. The van der Waals surface area contributed by atoms with Crippen LogP contribution in [0.1, 0.15) is 45.4 Å². The summed E-state index contributed by atoms with van der Waals surface area (Å²) < 4.78 is 5.34. The molecule has 3 saturated heterocycles. The van der Waals surface area contributed by atoms with Gasteiger partial charge in [0, 0.05) is 32.2 Å². The van der Waals surface area contributed by atoms with Crippen molar-refractivity contribution in [3.8, 4) is 0 Å². The number of carbonyl (C=O) groups excluding carboxylic acids is 2. The van der Waals surface area contributed by atoms with Crippen LogP contribution in [-0.4, -0.2) is 85.0 Å². The summed E-state index contributed by atoms with van der Waals surface area (Å²) in [4.78, 5) is 31.8. The van der Waals surface area contributed by atoms with E-state index in [-0.39, 0.29) is 17.7 Å². The zero-order chi connectivity index (χ0) is 17.6. The van der Waals surface area contributed by atoms with E-state index in [9.17, 15) is 9.59 Å². The lowest BCUT2D eigenvalue weighted by Crippen LogP contribution is -2.52. The average molecular weight is 351 g/mol. The van der Waals surface area contributed by atoms with Crippen molar-refractivity contribution in [1.82, 2.24) is 14.7 Å². The Morgan fingerprint density at radius 3 is 2.56 bits per heavy atom. The smallest absolute Gasteiger partial charge is 0.236 e. The van der Waals surface area contributed by atoms with Crippen LogP contribution in [-0.2, 0) is 14.3 Å². The van der Waals surface area contributed by atoms with Gasteiger partial charge in [0.2, 0.25) is 11.8 Å². The summed E-state index contributed by atoms with van der Waals surface area (Å²) in [6.07, 6.45) is 6.50. The zero-order valence-corrected chi connectivity index (χ0v) is 15.6. The quantitative estimate of drug-likeness (QED) is 0.767. The zero-order valence-electron chi connectivity index (χ0n) is 15.6. The summed E-state index contributed by atoms with van der Waals surface area (Å²) in [6.45, 7) is 7.93. The van der Waals surface area contributed by atoms with Crippen LogP contribution in [0, 0.1) is 5.92 Å². The molecule has 3 rings (SSSR count). The number of morpholine rings is 1. The second-order valence-corrected chi connectivity index (χ2v) is 7.66. The molecule has 0 aromatic heterocycles. The third-order valence-electron chi connectivity index (χ3n) is 5.96. The molecule has 0 aromatic carbocycles. The lowest BCUT2D eigenvalue weighted by atomic mass is 9.96. The van der Waals surface area contributed by atoms with Crippen molar-refractivity contribution in [2.24, 2.45) is 5.92 Å². The van der Waals surface area contributed by atoms with Crippen LogP contribution in [0.25, 0.3) is 0 Å². The van der Waals surface area contributed by atoms with Gasteiger partial charge in [0.15, 0.2) is 0 Å². The van der Waals surface area contributed by atoms with Gasteiger partial charge in [0.25, 0.3) is 0 Å². The molecule has 2 unspecified atom stereocenters. The molecular weight excluding hydrogens is 318 g/mol. The standard InChI is InChI=1S/C19H33N3O3/c1-2-17-7-3-4-9-22(17)18(23)15-20-8-5-6-16(14-20)19(24)21-10-12-25-13-11-21/h16-17H,2-15H2,1H3. The van der Waals surface area contributed by atoms with Gasteiger partial charge in [-0.2, -0.15) is 0 Å². The van der Waals surface area contributed by atoms with E-state index >= 15 is 0 Å². The van der Waals surface area contributed by atoms with E-state index in [0.717, 1.165) is 51.7 Å². The number of hydrogen-bond donors (Lipinski definition) is 0. The third-order valence-corrected chi connectivity index (χ3v) is 5.96. The largest absolute Gasteiger partial charge is 0.378 e. The van der Waals surface area contributed by atoms with Crippen LogP contribution >= 0.6 is 0 Å². The predicted molar refractivity (Wildman–Crippen MR) is 96.2 cm³/mol. The monoisotopic (exact) mass is 351 g/mol. The Morgan fingerprint density at radius 1 is 1.00 bits per heavy atom. The fourth-order valence-electron chi connectivity index (χ4n) is 4.48. The molecule has 6 nitrogen and oxygen atoms in total. The van der Waals surface area contributed by atoms with Gasteiger partial charge in [-0.05, 0) is 45.1 Å². The topological polar surface area (TPSA) is 53.1 Å². The van der Waals surface area contributed by atoms with Crippen LogP contribution in [0.2, 0.25) is 0 Å². The molecule has 142 valence electrons. The van der Waals surface area contributed by atoms with E-state index in [0.29, 0.717) is 38.9 Å². The third kappa shape index (κ3) is 4.73. The minimum Gasteiger partial charge on any atom is -0.378 e. The van der Waals surface area contributed by atoms with Crippen molar-refractivity contribution < 1.29 is 14.3 Å². The lowest BCUT2D eigenvalue weighted by Gasteiger charge is -2.39. The fourth-order valence-corrected chi connectivity index (χ4v) is 4.48. The maximum absolute atomic E-state index is 12.8. The fraction of sp³-hybridized carbons (Fsp3) is 0.895. The van der Waals surface area contributed by atoms with E-state index < -0.39 is 0 Å². The molecule has 25 heavy (non-hydrogen) atoms. The molecule has 2 amide bonds. The van der Waals surface area contributed by atoms with Gasteiger partial charge in [0.05, 0.1) is 25.7 Å². The number of hydrogen-bond acceptors (Lipinski definition) is 4. The maximum Gasteiger partial charge on any atom is 0.236 e. The Bertz CT molecular complexity index is 465. The van der Waals surface area contributed by atoms with E-state index in [1.807, 2.05) is 4.90 Å². The van der Waals surface area contributed by atoms with Gasteiger partial charge < -0.3 is 14.5 Å². The molecule has 0 saturated carbocycles. The van der Waals surface area contributed by atoms with Crippen LogP contribution < -0.4 is 0 Å². The number of amides is 2. The minimum atomic E-state index is 0.0444. The van der Waals surface area contributed by atoms with Crippen molar-refractivity contribution in [1.29, 1.82) is 0 Å². The highest BCUT2D eigenvalue weighted by molar-refractivity contribution is 5.80. The lowest BCUT2D eigenvalue weighted by molar-refractivity contribution is -0.143. The first kappa shape index (κ1) is 18.6. The van der Waals surface area contributed by atoms with Gasteiger partial charge >= 0.3 is 0 Å². The first-order valence-electron chi connectivity index (χ1n) is 10.1. The SMILES string of the molecule is CCC1CCCCN1C(=O)CN1CCCC(C(=O)N2CCOCC2)C1. The molecule has 3 fully saturated rings. The Morgan fingerprint density at radius 2 is 1.80 bits per heavy atom. The molecule has 3 aliphatic rings. The Hall–Kier alpha value is -1.14. The highest BCUT2D eigenvalue weighted by atomic mass is 16.5. The molecule has 2 atom stereocenters. The number of nitrogens with zero attached hydrogens (tertiary/aromatic N) is 3. The molecule has 0 spiro atoms. The Balaban J connectivity index is 1.52. The van der Waals surface area contributed by atoms with Gasteiger partial charge in [-0.15, -0.1) is 0 Å². The van der Waals surface area contributed by atoms with Crippen molar-refractivity contribution in [2.45, 2.75) is 51.5 Å². The normalized spacial score (nSPS) is 28.8. The number of piperidine rings is 2. The molecule has 0 aromatic rings. The molecule has 6 heteroatoms. The van der Waals surface area contributed by atoms with Crippen molar-refractivity contribution in [3.05, 3.63) is 0 Å². The highest BCUT2D eigenvalue weighted by Crippen LogP contribution is 2.22. The van der Waals surface area contributed by atoms with Crippen LogP contribution in [0.3, 0.4) is 0 Å². The molecular formula is C19H33N3O3. The number of carbonyl (C=O) groups is 2. The van der Waals surface area contributed by atoms with E-state index in [1.54, 1.807) is 0 Å². The van der Waals surface area contributed by atoms with E-state index in [1.165, 1.54) is 6.42 Å². The molecule has 0 N–H and O–H groups in total. The minimum absolute atomic E-state index is 0.0444. The van der Waals surface area contributed by atoms with Gasteiger partial charge in [-0.1, -0.05) is 6.92 Å². The van der Waals surface area contributed by atoms with Gasteiger partial charge in [-0.3, -0.25) is 14.5 Å². The molecule has 0 radical (unpaired) electrons. The molecule has 3 heterocycles. The molecule has 0 bridgehead atoms. The summed E-state index contributed by atoms with van der Waals surface area (Å²) >= 11 is 0. The summed E-state index contributed by atoms with van der Waals surface area (Å²) in [7, 11) is 0. The van der Waals surface area contributed by atoms with Crippen molar-refractivity contribution >= 4 is 11.8 Å². The van der Waals surface area contributed by atoms with Crippen LogP contribution in [0.4, 0.5) is 0 Å². The summed E-state index contributed by atoms with van der Waals surface area (Å²) in [6, 6.07) is 0.414. The summed E-state index contributed by atoms with van der Waals surface area (Å²) in [5.41, 5.74) is 0. The Kier molecular flexibility index (Phi) is 6.70. The highest BCUT2D eigenvalue weighted by Gasteiger charge is 2.32. The average Bonchev–Trinajstić information content (AvgIpc) is 2.68. The summed E-state index contributed by atoms with van der Waals surface area (Å²) in [5.74, 6) is 0.554. The maximum atomic E-state index is 12.8. The van der Waals surface area contributed by atoms with E-state index in [2.05, 4.69) is 16.7 Å². The number of likely N-dealkylation sites (tertiary alicyclic amines) is 2. The number of rotatable bonds is 4. The Labute approximate surface area is 151 Å². The van der Waals surface area contributed by atoms with Gasteiger partial charge in [0.1, 0.15) is 0 Å². The first-order chi connectivity index (χ1) is 12.2. The second kappa shape index (κ2) is 8.99. The summed E-state index contributed by atoms with van der Waals surface area (Å²) in [5, 5.41) is 0. The van der Waals surface area contributed by atoms with E-state index in [4.69, 9.17) is 4.74 Å². The first-order valence-corrected chi connectivity index (χ1v) is 10.1. The van der Waals surface area contributed by atoms with Gasteiger partial charge in [-0.25, -0.2) is 0 Å². The van der Waals surface area contributed by atoms with Crippen LogP contribution in [0.5, 0.6) is 0 Å². The van der Waals surface area contributed by atoms with Crippen molar-refractivity contribution in [3.63, 3.8) is 0 Å². The number of ether oxygens (including phenoxy) is 1. The second-order valence-electron chi connectivity index (χ2n) is 7.66. The molecule has 3 aliphatic heterocycles. The van der Waals surface area contributed by atoms with Crippen LogP contribution in [0.15, 0.2) is 0 Å². The molecule has 0 aliphatic carbocycles.